The molecule has 1 amide bonds. The zero-order chi connectivity index (χ0) is 26.7. The Morgan fingerprint density at radius 3 is 2.49 bits per heavy atom. The number of nitrogens with one attached hydrogen (secondary N) is 1. The lowest BCUT2D eigenvalue weighted by Crippen LogP contribution is -2.23. The minimum absolute atomic E-state index is 0.0573. The number of anilines is 2. The van der Waals surface area contributed by atoms with Crippen LogP contribution in [0.15, 0.2) is 48.9 Å². The van der Waals surface area contributed by atoms with E-state index in [1.54, 1.807) is 41.7 Å². The maximum atomic E-state index is 13.6. The van der Waals surface area contributed by atoms with Crippen molar-refractivity contribution in [3.63, 3.8) is 0 Å². The van der Waals surface area contributed by atoms with E-state index >= 15 is 0 Å². The quantitative estimate of drug-likeness (QED) is 0.422. The monoisotopic (exact) mass is 531 g/mol. The number of aryl methyl sites for hydroxylation is 2. The lowest BCUT2D eigenvalue weighted by atomic mass is 10.0. The van der Waals surface area contributed by atoms with Crippen LogP contribution in [0.3, 0.4) is 0 Å². The number of carbonyl (C=O) groups excluding carboxylic acids is 1. The molecule has 0 aliphatic carbocycles. The minimum Gasteiger partial charge on any atom is -0.317 e. The third-order valence-electron chi connectivity index (χ3n) is 5.97. The molecule has 0 saturated carbocycles. The Kier molecular flexibility index (Phi) is 5.58. The maximum absolute atomic E-state index is 13.6. The predicted octanol–water partition coefficient (Wildman–Crippen LogP) is 3.43. The van der Waals surface area contributed by atoms with Crippen molar-refractivity contribution in [1.82, 2.24) is 24.5 Å². The lowest BCUT2D eigenvalue weighted by molar-refractivity contribution is -0.138. The number of aromatic nitrogens is 5. The molecule has 0 radical (unpaired) electrons. The Morgan fingerprint density at radius 1 is 1.08 bits per heavy atom. The molecule has 2 aromatic heterocycles. The van der Waals surface area contributed by atoms with Crippen LogP contribution in [-0.4, -0.2) is 45.1 Å². The smallest absolute Gasteiger partial charge is 0.317 e. The molecular weight excluding hydrogens is 511 g/mol. The molecule has 0 bridgehead atoms. The number of sulfonamides is 1. The first kappa shape index (κ1) is 24.5. The highest BCUT2D eigenvalue weighted by Crippen LogP contribution is 2.41. The third kappa shape index (κ3) is 4.43. The summed E-state index contributed by atoms with van der Waals surface area (Å²) in [4.78, 5) is 14.4. The standard InChI is InChI=1S/C23H20F3N7O3S/c1-31-12-27-29-21(31)17-10-28-32(2)20(17)13-7-14(30-37(3,35)36)9-15(8-13)33-11-18-16(22(33)34)5-4-6-19(18)23(24,25)26/h4-10,12,30H,11H2,1-3H3. The van der Waals surface area contributed by atoms with Crippen molar-refractivity contribution < 1.29 is 26.4 Å². The number of fused-ring (bicyclic) bond motifs is 1. The van der Waals surface area contributed by atoms with Crippen LogP contribution in [0.5, 0.6) is 0 Å². The van der Waals surface area contributed by atoms with Gasteiger partial charge in [0.1, 0.15) is 6.33 Å². The van der Waals surface area contributed by atoms with Gasteiger partial charge in [-0.25, -0.2) is 8.42 Å². The first-order valence-electron chi connectivity index (χ1n) is 10.8. The number of halogens is 3. The average molecular weight is 532 g/mol. The molecule has 5 rings (SSSR count). The van der Waals surface area contributed by atoms with E-state index in [0.29, 0.717) is 22.6 Å². The normalized spacial score (nSPS) is 13.8. The van der Waals surface area contributed by atoms with E-state index in [9.17, 15) is 26.4 Å². The van der Waals surface area contributed by atoms with Gasteiger partial charge in [0.15, 0.2) is 5.82 Å². The molecule has 37 heavy (non-hydrogen) atoms. The fourth-order valence-corrected chi connectivity index (χ4v) is 5.00. The topological polar surface area (TPSA) is 115 Å². The van der Waals surface area contributed by atoms with E-state index in [1.165, 1.54) is 29.4 Å². The van der Waals surface area contributed by atoms with Crippen LogP contribution in [0, 0.1) is 0 Å². The fraction of sp³-hybridized carbons (Fsp3) is 0.217. The summed E-state index contributed by atoms with van der Waals surface area (Å²) in [5, 5.41) is 12.3. The molecule has 3 heterocycles. The second-order valence-corrected chi connectivity index (χ2v) is 10.4. The molecule has 0 fully saturated rings. The molecule has 192 valence electrons. The number of benzene rings is 2. The molecule has 4 aromatic rings. The van der Waals surface area contributed by atoms with Crippen molar-refractivity contribution in [3.05, 3.63) is 65.6 Å². The van der Waals surface area contributed by atoms with Gasteiger partial charge in [0.05, 0.1) is 41.5 Å². The molecule has 0 unspecified atom stereocenters. The number of nitrogens with zero attached hydrogens (tertiary/aromatic N) is 6. The number of rotatable bonds is 5. The van der Waals surface area contributed by atoms with Gasteiger partial charge in [0.25, 0.3) is 5.91 Å². The van der Waals surface area contributed by atoms with E-state index in [1.807, 2.05) is 0 Å². The number of hydrogen-bond donors (Lipinski definition) is 1. The zero-order valence-electron chi connectivity index (χ0n) is 19.8. The Labute approximate surface area is 209 Å². The van der Waals surface area contributed by atoms with Crippen LogP contribution in [-0.2, 0) is 36.8 Å². The zero-order valence-corrected chi connectivity index (χ0v) is 20.6. The maximum Gasteiger partial charge on any atom is 0.416 e. The highest BCUT2D eigenvalue weighted by Gasteiger charge is 2.40. The molecule has 2 aromatic carbocycles. The van der Waals surface area contributed by atoms with Crippen LogP contribution < -0.4 is 9.62 Å². The predicted molar refractivity (Wildman–Crippen MR) is 129 cm³/mol. The highest BCUT2D eigenvalue weighted by molar-refractivity contribution is 7.92. The van der Waals surface area contributed by atoms with Gasteiger partial charge in [-0.15, -0.1) is 10.2 Å². The van der Waals surface area contributed by atoms with Crippen molar-refractivity contribution in [3.8, 4) is 22.6 Å². The summed E-state index contributed by atoms with van der Waals surface area (Å²) in [6.07, 6.45) is -0.577. The van der Waals surface area contributed by atoms with Gasteiger partial charge in [-0.2, -0.15) is 18.3 Å². The van der Waals surface area contributed by atoms with E-state index < -0.39 is 27.7 Å². The van der Waals surface area contributed by atoms with Gasteiger partial charge >= 0.3 is 6.18 Å². The van der Waals surface area contributed by atoms with Crippen molar-refractivity contribution in [2.24, 2.45) is 14.1 Å². The van der Waals surface area contributed by atoms with Gasteiger partial charge in [0.2, 0.25) is 10.0 Å². The van der Waals surface area contributed by atoms with Crippen LogP contribution >= 0.6 is 0 Å². The second-order valence-electron chi connectivity index (χ2n) is 8.66. The van der Waals surface area contributed by atoms with Crippen LogP contribution in [0.1, 0.15) is 21.5 Å². The molecule has 0 atom stereocenters. The van der Waals surface area contributed by atoms with E-state index in [0.717, 1.165) is 12.3 Å². The van der Waals surface area contributed by atoms with Gasteiger partial charge in [-0.05, 0) is 35.9 Å². The molecule has 14 heteroatoms. The molecule has 1 aliphatic heterocycles. The molecule has 0 saturated heterocycles. The van der Waals surface area contributed by atoms with Crippen molar-refractivity contribution >= 4 is 27.3 Å². The molecule has 0 spiro atoms. The number of amides is 1. The summed E-state index contributed by atoms with van der Waals surface area (Å²) >= 11 is 0. The lowest BCUT2D eigenvalue weighted by Gasteiger charge is -2.20. The number of alkyl halides is 3. The van der Waals surface area contributed by atoms with Gasteiger partial charge in [-0.1, -0.05) is 6.07 Å². The van der Waals surface area contributed by atoms with Gasteiger partial charge < -0.3 is 9.47 Å². The highest BCUT2D eigenvalue weighted by atomic mass is 32.2. The summed E-state index contributed by atoms with van der Waals surface area (Å²) in [5.41, 5.74) is 0.837. The molecular formula is C23H20F3N7O3S. The summed E-state index contributed by atoms with van der Waals surface area (Å²) in [5.74, 6) is -0.132. The molecule has 1 N–H and O–H groups in total. The first-order chi connectivity index (χ1) is 17.3. The van der Waals surface area contributed by atoms with Gasteiger partial charge in [-0.3, -0.25) is 14.2 Å². The summed E-state index contributed by atoms with van der Waals surface area (Å²) in [6, 6.07) is 8.03. The Balaban J connectivity index is 1.67. The van der Waals surface area contributed by atoms with Crippen molar-refractivity contribution in [2.75, 3.05) is 15.9 Å². The fourth-order valence-electron chi connectivity index (χ4n) is 4.45. The second kappa shape index (κ2) is 8.44. The molecule has 10 nitrogen and oxygen atoms in total. The van der Waals surface area contributed by atoms with E-state index in [-0.39, 0.29) is 29.0 Å². The Morgan fingerprint density at radius 2 is 1.84 bits per heavy atom. The Bertz CT molecular complexity index is 1660. The summed E-state index contributed by atoms with van der Waals surface area (Å²) in [6.45, 7) is -0.326. The van der Waals surface area contributed by atoms with Crippen LogP contribution in [0.25, 0.3) is 22.6 Å². The first-order valence-corrected chi connectivity index (χ1v) is 12.7. The van der Waals surface area contributed by atoms with Crippen molar-refractivity contribution in [2.45, 2.75) is 12.7 Å². The van der Waals surface area contributed by atoms with E-state index in [2.05, 4.69) is 20.0 Å². The average Bonchev–Trinajstić information content (AvgIpc) is 3.48. The third-order valence-corrected chi connectivity index (χ3v) is 6.58. The summed E-state index contributed by atoms with van der Waals surface area (Å²) < 4.78 is 70.6. The Hall–Kier alpha value is -4.20. The van der Waals surface area contributed by atoms with Crippen LogP contribution in [0.2, 0.25) is 0 Å². The SMILES string of the molecule is Cn1cnnc1-c1cnn(C)c1-c1cc(NS(C)(=O)=O)cc(N2Cc3c(cccc3C(F)(F)F)C2=O)c1. The molecule has 1 aliphatic rings. The van der Waals surface area contributed by atoms with Crippen molar-refractivity contribution in [1.29, 1.82) is 0 Å². The summed E-state index contributed by atoms with van der Waals surface area (Å²) in [7, 11) is -0.291. The minimum atomic E-state index is -4.63. The number of carbonyl (C=O) groups is 1. The van der Waals surface area contributed by atoms with Crippen LogP contribution in [0.4, 0.5) is 24.5 Å². The van der Waals surface area contributed by atoms with Gasteiger partial charge in [0, 0.05) is 30.9 Å². The number of hydrogen-bond acceptors (Lipinski definition) is 6. The largest absolute Gasteiger partial charge is 0.416 e. The van der Waals surface area contributed by atoms with E-state index in [4.69, 9.17) is 0 Å².